The first-order valence-corrected chi connectivity index (χ1v) is 7.17. The number of aromatic nitrogens is 2. The van der Waals surface area contributed by atoms with Crippen LogP contribution in [-0.4, -0.2) is 27.7 Å². The number of aliphatic imine (C=N–C) groups is 1. The van der Waals surface area contributed by atoms with Crippen LogP contribution >= 0.6 is 0 Å². The van der Waals surface area contributed by atoms with Gasteiger partial charge < -0.3 is 10.4 Å². The monoisotopic (exact) mass is 322 g/mol. The minimum absolute atomic E-state index is 0.156. The van der Waals surface area contributed by atoms with Crippen LogP contribution in [0.4, 0.5) is 5.82 Å². The van der Waals surface area contributed by atoms with E-state index in [-0.39, 0.29) is 11.7 Å². The van der Waals surface area contributed by atoms with Crippen LogP contribution in [-0.2, 0) is 4.79 Å². The van der Waals surface area contributed by atoms with Crippen LogP contribution in [0, 0.1) is 6.92 Å². The van der Waals surface area contributed by atoms with Crippen molar-refractivity contribution in [3.8, 4) is 17.0 Å². The standard InChI is InChI=1S/C18H18N4O2/c1-11(2)15(8-19-4)18(24)22-17-10-20-16(9-21-17)14-7-13(23)6-5-12(14)3/h5-10,23H,1,4H2,2-3H3,(H,21,22,24)/b15-8+. The maximum absolute atomic E-state index is 12.2. The minimum Gasteiger partial charge on any atom is -0.508 e. The van der Waals surface area contributed by atoms with Gasteiger partial charge in [-0.25, -0.2) is 4.98 Å². The second-order valence-electron chi connectivity index (χ2n) is 5.25. The lowest BCUT2D eigenvalue weighted by Gasteiger charge is -2.09. The van der Waals surface area contributed by atoms with Gasteiger partial charge >= 0.3 is 0 Å². The Morgan fingerprint density at radius 1 is 1.33 bits per heavy atom. The molecule has 6 nitrogen and oxygen atoms in total. The van der Waals surface area contributed by atoms with Crippen molar-refractivity contribution < 1.29 is 9.90 Å². The van der Waals surface area contributed by atoms with Gasteiger partial charge in [0.15, 0.2) is 5.82 Å². The lowest BCUT2D eigenvalue weighted by molar-refractivity contribution is -0.112. The number of anilines is 1. The van der Waals surface area contributed by atoms with E-state index in [0.29, 0.717) is 22.7 Å². The molecule has 0 saturated carbocycles. The highest BCUT2D eigenvalue weighted by molar-refractivity contribution is 6.06. The van der Waals surface area contributed by atoms with Crippen molar-refractivity contribution in [2.24, 2.45) is 4.99 Å². The number of carbonyl (C=O) groups is 1. The van der Waals surface area contributed by atoms with E-state index in [4.69, 9.17) is 0 Å². The molecular formula is C18H18N4O2. The highest BCUT2D eigenvalue weighted by Gasteiger charge is 2.12. The van der Waals surface area contributed by atoms with Gasteiger partial charge in [0.2, 0.25) is 0 Å². The largest absolute Gasteiger partial charge is 0.508 e. The van der Waals surface area contributed by atoms with E-state index in [2.05, 4.69) is 33.6 Å². The number of nitrogens with one attached hydrogen (secondary N) is 1. The Morgan fingerprint density at radius 2 is 2.08 bits per heavy atom. The Balaban J connectivity index is 2.22. The first-order valence-electron chi connectivity index (χ1n) is 7.17. The predicted molar refractivity (Wildman–Crippen MR) is 94.9 cm³/mol. The summed E-state index contributed by atoms with van der Waals surface area (Å²) in [5, 5.41) is 12.2. The first-order chi connectivity index (χ1) is 11.4. The van der Waals surface area contributed by atoms with Crippen LogP contribution in [0.3, 0.4) is 0 Å². The zero-order chi connectivity index (χ0) is 17.7. The zero-order valence-electron chi connectivity index (χ0n) is 13.6. The summed E-state index contributed by atoms with van der Waals surface area (Å²) in [5.74, 6) is 0.0752. The van der Waals surface area contributed by atoms with Crippen LogP contribution in [0.15, 0.2) is 59.5 Å². The van der Waals surface area contributed by atoms with E-state index in [9.17, 15) is 9.90 Å². The maximum Gasteiger partial charge on any atom is 0.258 e. The van der Waals surface area contributed by atoms with E-state index < -0.39 is 0 Å². The molecule has 122 valence electrons. The molecule has 0 aliphatic carbocycles. The maximum atomic E-state index is 12.2. The summed E-state index contributed by atoms with van der Waals surface area (Å²) in [6, 6.07) is 5.03. The molecule has 1 amide bonds. The lowest BCUT2D eigenvalue weighted by atomic mass is 10.1. The van der Waals surface area contributed by atoms with Crippen molar-refractivity contribution in [3.05, 3.63) is 60.1 Å². The number of carbonyl (C=O) groups excluding carboxylic acids is 1. The Hall–Kier alpha value is -3.28. The summed E-state index contributed by atoms with van der Waals surface area (Å²) in [6.45, 7) is 10.7. The number of aryl methyl sites for hydroxylation is 1. The van der Waals surface area contributed by atoms with Gasteiger partial charge in [-0.1, -0.05) is 12.6 Å². The topological polar surface area (TPSA) is 87.5 Å². The zero-order valence-corrected chi connectivity index (χ0v) is 13.6. The summed E-state index contributed by atoms with van der Waals surface area (Å²) < 4.78 is 0. The van der Waals surface area contributed by atoms with E-state index in [1.807, 2.05) is 6.92 Å². The molecule has 0 saturated heterocycles. The van der Waals surface area contributed by atoms with Crippen molar-refractivity contribution in [2.45, 2.75) is 13.8 Å². The number of benzene rings is 1. The number of hydrogen-bond acceptors (Lipinski definition) is 5. The summed E-state index contributed by atoms with van der Waals surface area (Å²) in [4.78, 5) is 24.2. The molecule has 0 spiro atoms. The molecule has 1 aromatic carbocycles. The van der Waals surface area contributed by atoms with Crippen molar-refractivity contribution in [3.63, 3.8) is 0 Å². The predicted octanol–water partition coefficient (Wildman–Crippen LogP) is 3.26. The van der Waals surface area contributed by atoms with Gasteiger partial charge in [0, 0.05) is 11.8 Å². The summed E-state index contributed by atoms with van der Waals surface area (Å²) >= 11 is 0. The molecule has 2 aromatic rings. The second-order valence-corrected chi connectivity index (χ2v) is 5.25. The van der Waals surface area contributed by atoms with E-state index in [1.54, 1.807) is 25.1 Å². The third-order valence-corrected chi connectivity index (χ3v) is 3.32. The third-order valence-electron chi connectivity index (χ3n) is 3.32. The summed E-state index contributed by atoms with van der Waals surface area (Å²) in [6.07, 6.45) is 4.33. The molecule has 0 fully saturated rings. The normalized spacial score (nSPS) is 11.0. The van der Waals surface area contributed by atoms with E-state index in [0.717, 1.165) is 11.1 Å². The first kappa shape index (κ1) is 17.1. The number of hydrogen-bond donors (Lipinski definition) is 2. The fourth-order valence-corrected chi connectivity index (χ4v) is 2.06. The summed E-state index contributed by atoms with van der Waals surface area (Å²) in [7, 11) is 0. The molecule has 6 heteroatoms. The minimum atomic E-state index is -0.384. The molecule has 0 unspecified atom stereocenters. The molecule has 0 aliphatic rings. The van der Waals surface area contributed by atoms with Gasteiger partial charge in [-0.15, -0.1) is 0 Å². The molecule has 0 aliphatic heterocycles. The number of amides is 1. The highest BCUT2D eigenvalue weighted by atomic mass is 16.3. The Kier molecular flexibility index (Phi) is 5.21. The number of phenolic OH excluding ortho intramolecular Hbond substituents is 1. The van der Waals surface area contributed by atoms with Gasteiger partial charge in [0.25, 0.3) is 5.91 Å². The smallest absolute Gasteiger partial charge is 0.258 e. The molecule has 24 heavy (non-hydrogen) atoms. The quantitative estimate of drug-likeness (QED) is 0.502. The Bertz CT molecular complexity index is 823. The third kappa shape index (κ3) is 3.92. The Labute approximate surface area is 140 Å². The fourth-order valence-electron chi connectivity index (χ4n) is 2.06. The van der Waals surface area contributed by atoms with Crippen molar-refractivity contribution >= 4 is 18.4 Å². The number of nitrogens with zero attached hydrogens (tertiary/aromatic N) is 3. The van der Waals surface area contributed by atoms with Crippen LogP contribution in [0.1, 0.15) is 12.5 Å². The fraction of sp³-hybridized carbons (Fsp3) is 0.111. The molecule has 0 radical (unpaired) electrons. The van der Waals surface area contributed by atoms with Crippen molar-refractivity contribution in [1.82, 2.24) is 9.97 Å². The summed E-state index contributed by atoms with van der Waals surface area (Å²) in [5.41, 5.74) is 3.23. The number of phenols is 1. The van der Waals surface area contributed by atoms with Gasteiger partial charge in [0.1, 0.15) is 5.75 Å². The number of rotatable bonds is 5. The molecule has 1 heterocycles. The Morgan fingerprint density at radius 3 is 2.67 bits per heavy atom. The van der Waals surface area contributed by atoms with Crippen molar-refractivity contribution in [1.29, 1.82) is 0 Å². The lowest BCUT2D eigenvalue weighted by Crippen LogP contribution is -2.16. The number of aromatic hydroxyl groups is 1. The molecule has 1 aromatic heterocycles. The molecular weight excluding hydrogens is 304 g/mol. The van der Waals surface area contributed by atoms with Crippen LogP contribution in [0.2, 0.25) is 0 Å². The average Bonchev–Trinajstić information content (AvgIpc) is 2.55. The highest BCUT2D eigenvalue weighted by Crippen LogP contribution is 2.25. The van der Waals surface area contributed by atoms with E-state index in [1.165, 1.54) is 18.6 Å². The molecule has 2 rings (SSSR count). The van der Waals surface area contributed by atoms with Crippen LogP contribution in [0.25, 0.3) is 11.3 Å². The second kappa shape index (κ2) is 7.32. The van der Waals surface area contributed by atoms with Crippen LogP contribution < -0.4 is 5.32 Å². The van der Waals surface area contributed by atoms with Gasteiger partial charge in [-0.2, -0.15) is 0 Å². The molecule has 0 atom stereocenters. The van der Waals surface area contributed by atoms with Gasteiger partial charge in [-0.05, 0) is 43.8 Å². The average molecular weight is 322 g/mol. The van der Waals surface area contributed by atoms with E-state index >= 15 is 0 Å². The van der Waals surface area contributed by atoms with Gasteiger partial charge in [0.05, 0.1) is 23.7 Å². The van der Waals surface area contributed by atoms with Crippen molar-refractivity contribution in [2.75, 3.05) is 5.32 Å². The molecule has 2 N–H and O–H groups in total. The SMILES string of the molecule is C=N/C=C(\C(=C)C)C(=O)Nc1cnc(-c2cc(O)ccc2C)cn1. The molecule has 0 bridgehead atoms. The van der Waals surface area contributed by atoms with Crippen LogP contribution in [0.5, 0.6) is 5.75 Å². The van der Waals surface area contributed by atoms with Gasteiger partial charge in [-0.3, -0.25) is 14.8 Å².